The first kappa shape index (κ1) is 16.1. The van der Waals surface area contributed by atoms with Gasteiger partial charge in [-0.3, -0.25) is 0 Å². The second kappa shape index (κ2) is 6.25. The van der Waals surface area contributed by atoms with Gasteiger partial charge in [0.25, 0.3) is 0 Å². The van der Waals surface area contributed by atoms with Crippen molar-refractivity contribution in [3.05, 3.63) is 78.2 Å². The number of ether oxygens (including phenoxy) is 1. The number of hydrogen-bond acceptors (Lipinski definition) is 5. The summed E-state index contributed by atoms with van der Waals surface area (Å²) in [5, 5.41) is 1.73. The Hall–Kier alpha value is -3.12. The molecule has 0 radical (unpaired) electrons. The molecule has 1 fully saturated rings. The van der Waals surface area contributed by atoms with Gasteiger partial charge in [-0.2, -0.15) is 0 Å². The summed E-state index contributed by atoms with van der Waals surface area (Å²) < 4.78 is 8.53. The fourth-order valence-electron chi connectivity index (χ4n) is 3.89. The number of benzene rings is 1. The van der Waals surface area contributed by atoms with Gasteiger partial charge in [-0.05, 0) is 36.4 Å². The first-order valence-corrected chi connectivity index (χ1v) is 9.10. The predicted molar refractivity (Wildman–Crippen MR) is 98.5 cm³/mol. The molecule has 0 amide bonds. The maximum atomic E-state index is 12.3. The fourth-order valence-corrected chi connectivity index (χ4v) is 3.89. The summed E-state index contributed by atoms with van der Waals surface area (Å²) in [5.41, 5.74) is 2.19. The number of pyridine rings is 1. The van der Waals surface area contributed by atoms with E-state index in [-0.39, 0.29) is 5.97 Å². The minimum Gasteiger partial charge on any atom is -0.463 e. The standard InChI is InChI=1S/C21H19N3O3/c25-20(16-6-2-1-3-7-16)27-23-14-10-21(11-15-23)18-9-5-13-24(18)17-8-4-12-22-19(17)26-21/h1-9,12-13H,10-11,14-15H2. The molecule has 0 bridgehead atoms. The smallest absolute Gasteiger partial charge is 0.357 e. The van der Waals surface area contributed by atoms with Crippen molar-refractivity contribution in [1.82, 2.24) is 14.6 Å². The highest BCUT2D eigenvalue weighted by Crippen LogP contribution is 2.44. The third-order valence-corrected chi connectivity index (χ3v) is 5.27. The van der Waals surface area contributed by atoms with Gasteiger partial charge in [-0.1, -0.05) is 18.2 Å². The number of piperidine rings is 1. The van der Waals surface area contributed by atoms with E-state index in [2.05, 4.69) is 15.6 Å². The van der Waals surface area contributed by atoms with Crippen molar-refractivity contribution >= 4 is 5.97 Å². The average molecular weight is 361 g/mol. The molecule has 6 heteroatoms. The van der Waals surface area contributed by atoms with Gasteiger partial charge in [0.15, 0.2) is 5.60 Å². The molecule has 6 nitrogen and oxygen atoms in total. The lowest BCUT2D eigenvalue weighted by atomic mass is 9.87. The zero-order valence-corrected chi connectivity index (χ0v) is 14.7. The van der Waals surface area contributed by atoms with Crippen molar-refractivity contribution in [3.8, 4) is 11.6 Å². The second-order valence-electron chi connectivity index (χ2n) is 6.86. The normalized spacial score (nSPS) is 17.6. The fraction of sp³-hybridized carbons (Fsp3) is 0.238. The molecule has 5 rings (SSSR count). The SMILES string of the molecule is O=C(ON1CCC2(CC1)Oc1ncccc1-n1cccc12)c1ccccc1. The molecule has 2 aliphatic rings. The van der Waals surface area contributed by atoms with E-state index >= 15 is 0 Å². The van der Waals surface area contributed by atoms with E-state index in [1.54, 1.807) is 23.4 Å². The monoisotopic (exact) mass is 361 g/mol. The van der Waals surface area contributed by atoms with Crippen LogP contribution in [0.15, 0.2) is 67.0 Å². The number of carbonyl (C=O) groups excluding carboxylic acids is 1. The molecule has 1 saturated heterocycles. The van der Waals surface area contributed by atoms with Gasteiger partial charge in [0.1, 0.15) is 5.69 Å². The molecular formula is C21H19N3O3. The highest BCUT2D eigenvalue weighted by atomic mass is 16.7. The summed E-state index contributed by atoms with van der Waals surface area (Å²) in [5.74, 6) is 0.322. The molecule has 0 saturated carbocycles. The summed E-state index contributed by atoms with van der Waals surface area (Å²) in [4.78, 5) is 22.3. The molecule has 0 atom stereocenters. The maximum absolute atomic E-state index is 12.3. The Labute approximate surface area is 156 Å². The molecule has 2 aromatic heterocycles. The molecule has 4 heterocycles. The van der Waals surface area contributed by atoms with Crippen LogP contribution >= 0.6 is 0 Å². The molecule has 136 valence electrons. The van der Waals surface area contributed by atoms with Crippen LogP contribution in [0, 0.1) is 0 Å². The number of rotatable bonds is 2. The summed E-state index contributed by atoms with van der Waals surface area (Å²) >= 11 is 0. The molecule has 1 aromatic carbocycles. The van der Waals surface area contributed by atoms with E-state index < -0.39 is 5.60 Å². The Balaban J connectivity index is 1.34. The van der Waals surface area contributed by atoms with Crippen LogP contribution in [0.5, 0.6) is 5.88 Å². The van der Waals surface area contributed by atoms with Gasteiger partial charge in [-0.25, -0.2) is 9.78 Å². The molecule has 2 aliphatic heterocycles. The van der Waals surface area contributed by atoms with Crippen molar-refractivity contribution in [3.63, 3.8) is 0 Å². The Morgan fingerprint density at radius 2 is 1.85 bits per heavy atom. The number of aromatic nitrogens is 2. The van der Waals surface area contributed by atoms with Gasteiger partial charge in [0, 0.05) is 38.3 Å². The van der Waals surface area contributed by atoms with E-state index in [4.69, 9.17) is 9.57 Å². The minimum atomic E-state index is -0.444. The van der Waals surface area contributed by atoms with Crippen LogP contribution in [-0.2, 0) is 10.4 Å². The molecule has 3 aromatic rings. The van der Waals surface area contributed by atoms with Crippen molar-refractivity contribution in [1.29, 1.82) is 0 Å². The van der Waals surface area contributed by atoms with Crippen LogP contribution in [0.3, 0.4) is 0 Å². The van der Waals surface area contributed by atoms with Crippen molar-refractivity contribution < 1.29 is 14.4 Å². The van der Waals surface area contributed by atoms with Crippen molar-refractivity contribution in [2.75, 3.05) is 13.1 Å². The molecule has 27 heavy (non-hydrogen) atoms. The number of fused-ring (bicyclic) bond motifs is 4. The highest BCUT2D eigenvalue weighted by molar-refractivity contribution is 5.89. The van der Waals surface area contributed by atoms with E-state index in [9.17, 15) is 4.79 Å². The zero-order valence-electron chi connectivity index (χ0n) is 14.7. The number of hydroxylamine groups is 2. The molecule has 0 N–H and O–H groups in total. The first-order chi connectivity index (χ1) is 13.3. The highest BCUT2D eigenvalue weighted by Gasteiger charge is 2.45. The third kappa shape index (κ3) is 2.69. The summed E-state index contributed by atoms with van der Waals surface area (Å²) in [6, 6.07) is 17.1. The third-order valence-electron chi connectivity index (χ3n) is 5.27. The lowest BCUT2D eigenvalue weighted by Gasteiger charge is -2.43. The molecule has 1 spiro atoms. The van der Waals surface area contributed by atoms with Crippen molar-refractivity contribution in [2.45, 2.75) is 18.4 Å². The van der Waals surface area contributed by atoms with Gasteiger partial charge >= 0.3 is 5.97 Å². The van der Waals surface area contributed by atoms with Crippen LogP contribution in [0.25, 0.3) is 5.69 Å². The predicted octanol–water partition coefficient (Wildman–Crippen LogP) is 3.33. The Morgan fingerprint density at radius 3 is 2.67 bits per heavy atom. The van der Waals surface area contributed by atoms with E-state index in [1.165, 1.54) is 0 Å². The van der Waals surface area contributed by atoms with Crippen molar-refractivity contribution in [2.24, 2.45) is 0 Å². The lowest BCUT2D eigenvalue weighted by molar-refractivity contribution is -0.152. The maximum Gasteiger partial charge on any atom is 0.357 e. The summed E-state index contributed by atoms with van der Waals surface area (Å²) in [6.07, 6.45) is 5.23. The topological polar surface area (TPSA) is 56.6 Å². The largest absolute Gasteiger partial charge is 0.463 e. The van der Waals surface area contributed by atoms with Gasteiger partial charge in [0.2, 0.25) is 5.88 Å². The van der Waals surface area contributed by atoms with Crippen LogP contribution in [-0.4, -0.2) is 33.7 Å². The molecule has 0 aliphatic carbocycles. The van der Waals surface area contributed by atoms with E-state index in [1.807, 2.05) is 42.6 Å². The zero-order chi connectivity index (χ0) is 18.3. The van der Waals surface area contributed by atoms with Crippen LogP contribution in [0.4, 0.5) is 0 Å². The first-order valence-electron chi connectivity index (χ1n) is 9.10. The quantitative estimate of drug-likeness (QED) is 0.701. The molecule has 0 unspecified atom stereocenters. The van der Waals surface area contributed by atoms with Gasteiger partial charge in [0.05, 0.1) is 11.3 Å². The number of hydrogen-bond donors (Lipinski definition) is 0. The minimum absolute atomic E-state index is 0.327. The van der Waals surface area contributed by atoms with Gasteiger partial charge in [-0.15, -0.1) is 5.06 Å². The summed E-state index contributed by atoms with van der Waals surface area (Å²) in [6.45, 7) is 1.21. The van der Waals surface area contributed by atoms with Crippen LogP contribution < -0.4 is 4.74 Å². The Bertz CT molecular complexity index is 975. The van der Waals surface area contributed by atoms with Crippen LogP contribution in [0.1, 0.15) is 28.9 Å². The summed E-state index contributed by atoms with van der Waals surface area (Å²) in [7, 11) is 0. The van der Waals surface area contributed by atoms with E-state index in [0.717, 1.165) is 24.2 Å². The Morgan fingerprint density at radius 1 is 1.04 bits per heavy atom. The number of nitrogens with zero attached hydrogens (tertiary/aromatic N) is 3. The molecular weight excluding hydrogens is 342 g/mol. The second-order valence-corrected chi connectivity index (χ2v) is 6.86. The average Bonchev–Trinajstić information content (AvgIpc) is 3.22. The van der Waals surface area contributed by atoms with Gasteiger partial charge < -0.3 is 14.1 Å². The Kier molecular flexibility index (Phi) is 3.72. The number of carbonyl (C=O) groups is 1. The van der Waals surface area contributed by atoms with E-state index in [0.29, 0.717) is 24.5 Å². The lowest BCUT2D eigenvalue weighted by Crippen LogP contribution is -2.48. The van der Waals surface area contributed by atoms with Crippen LogP contribution in [0.2, 0.25) is 0 Å².